The summed E-state index contributed by atoms with van der Waals surface area (Å²) in [6, 6.07) is 7.33. The minimum Gasteiger partial charge on any atom is -0.478 e. The van der Waals surface area contributed by atoms with Crippen molar-refractivity contribution in [3.05, 3.63) is 41.6 Å². The van der Waals surface area contributed by atoms with Crippen molar-refractivity contribution in [2.45, 2.75) is 6.42 Å². The van der Waals surface area contributed by atoms with Crippen LogP contribution in [0, 0.1) is 0 Å². The van der Waals surface area contributed by atoms with Gasteiger partial charge in [0, 0.05) is 18.2 Å². The molecule has 4 heteroatoms. The fourth-order valence-electron chi connectivity index (χ4n) is 1.31. The first kappa shape index (κ1) is 8.62. The van der Waals surface area contributed by atoms with E-state index < -0.39 is 5.97 Å². The monoisotopic (exact) mass is 191 g/mol. The Labute approximate surface area is 80.8 Å². The summed E-state index contributed by atoms with van der Waals surface area (Å²) in [5, 5.41) is 8.82. The Kier molecular flexibility index (Phi) is 2.10. The normalized spacial score (nSPS) is 14.1. The molecule has 4 nitrogen and oxygen atoms in total. The van der Waals surface area contributed by atoms with Crippen LogP contribution in [0.1, 0.15) is 5.56 Å². The Bertz CT molecular complexity index is 398. The molecule has 0 amide bonds. The average molecular weight is 191 g/mol. The summed E-state index contributed by atoms with van der Waals surface area (Å²) in [5.41, 5.74) is 3.65. The van der Waals surface area contributed by atoms with E-state index in [0.29, 0.717) is 12.2 Å². The second-order valence-corrected chi connectivity index (χ2v) is 2.98. The van der Waals surface area contributed by atoms with Crippen molar-refractivity contribution < 1.29 is 14.7 Å². The van der Waals surface area contributed by atoms with E-state index in [2.05, 4.69) is 5.48 Å². The van der Waals surface area contributed by atoms with E-state index in [1.807, 2.05) is 18.2 Å². The van der Waals surface area contributed by atoms with Crippen molar-refractivity contribution in [2.24, 2.45) is 0 Å². The first-order chi connectivity index (χ1) is 6.77. The number of carboxylic acid groups (broad SMARTS) is 1. The number of carboxylic acids is 1. The van der Waals surface area contributed by atoms with Crippen LogP contribution in [0.15, 0.2) is 36.0 Å². The summed E-state index contributed by atoms with van der Waals surface area (Å²) in [7, 11) is 0. The van der Waals surface area contributed by atoms with Crippen LogP contribution in [-0.4, -0.2) is 11.1 Å². The van der Waals surface area contributed by atoms with E-state index in [4.69, 9.17) is 9.94 Å². The molecule has 1 aliphatic rings. The lowest BCUT2D eigenvalue weighted by molar-refractivity contribution is -0.132. The number of aliphatic carboxylic acids is 1. The molecule has 0 spiro atoms. The molecule has 0 saturated carbocycles. The molecule has 1 aromatic carbocycles. The van der Waals surface area contributed by atoms with Crippen LogP contribution < -0.4 is 10.3 Å². The lowest BCUT2D eigenvalue weighted by atomic mass is 10.1. The van der Waals surface area contributed by atoms with Gasteiger partial charge in [-0.25, -0.2) is 10.3 Å². The number of fused-ring (bicyclic) bond motifs is 1. The van der Waals surface area contributed by atoms with Crippen molar-refractivity contribution >= 4 is 5.97 Å². The van der Waals surface area contributed by atoms with Crippen LogP contribution in [0.3, 0.4) is 0 Å². The number of rotatable bonds is 1. The Morgan fingerprint density at radius 1 is 1.43 bits per heavy atom. The third kappa shape index (κ3) is 1.54. The topological polar surface area (TPSA) is 58.6 Å². The third-order valence-corrected chi connectivity index (χ3v) is 2.03. The molecule has 72 valence electrons. The number of para-hydroxylation sites is 1. The van der Waals surface area contributed by atoms with Crippen LogP contribution in [-0.2, 0) is 11.2 Å². The van der Waals surface area contributed by atoms with Gasteiger partial charge in [-0.15, -0.1) is 0 Å². The van der Waals surface area contributed by atoms with Gasteiger partial charge in [0.1, 0.15) is 0 Å². The van der Waals surface area contributed by atoms with Crippen LogP contribution in [0.2, 0.25) is 0 Å². The van der Waals surface area contributed by atoms with Crippen molar-refractivity contribution in [3.8, 4) is 5.75 Å². The minimum atomic E-state index is -0.933. The summed E-state index contributed by atoms with van der Waals surface area (Å²) in [4.78, 5) is 15.9. The van der Waals surface area contributed by atoms with E-state index in [-0.39, 0.29) is 5.57 Å². The minimum absolute atomic E-state index is 0.287. The number of hydrogen-bond donors (Lipinski definition) is 2. The molecule has 2 N–H and O–H groups in total. The van der Waals surface area contributed by atoms with Gasteiger partial charge >= 0.3 is 5.97 Å². The van der Waals surface area contributed by atoms with Crippen LogP contribution in [0.5, 0.6) is 5.75 Å². The Balaban J connectivity index is 2.34. The fourth-order valence-corrected chi connectivity index (χ4v) is 1.31. The van der Waals surface area contributed by atoms with E-state index in [9.17, 15) is 4.79 Å². The number of carbonyl (C=O) groups is 1. The standard InChI is InChI=1S/C10H9NO3/c12-10(13)8-5-7-3-1-2-4-9(7)14-11-6-8/h1-4,6,11H,5H2,(H,12,13). The molecule has 0 radical (unpaired) electrons. The molecule has 0 saturated heterocycles. The highest BCUT2D eigenvalue weighted by Crippen LogP contribution is 2.22. The van der Waals surface area contributed by atoms with E-state index in [0.717, 1.165) is 5.56 Å². The van der Waals surface area contributed by atoms with Crippen molar-refractivity contribution in [1.29, 1.82) is 0 Å². The lowest BCUT2D eigenvalue weighted by Crippen LogP contribution is -2.11. The molecule has 2 rings (SSSR count). The average Bonchev–Trinajstić information content (AvgIpc) is 2.39. The Hall–Kier alpha value is -1.97. The van der Waals surface area contributed by atoms with Crippen molar-refractivity contribution in [2.75, 3.05) is 0 Å². The maximum Gasteiger partial charge on any atom is 0.333 e. The van der Waals surface area contributed by atoms with Crippen molar-refractivity contribution in [1.82, 2.24) is 5.48 Å². The number of benzene rings is 1. The highest BCUT2D eigenvalue weighted by atomic mass is 16.6. The molecular formula is C10H9NO3. The summed E-state index contributed by atoms with van der Waals surface area (Å²) in [6.07, 6.45) is 1.74. The van der Waals surface area contributed by atoms with Gasteiger partial charge in [-0.3, -0.25) is 0 Å². The zero-order valence-corrected chi connectivity index (χ0v) is 7.36. The van der Waals surface area contributed by atoms with Gasteiger partial charge < -0.3 is 9.94 Å². The molecule has 0 aromatic heterocycles. The quantitative estimate of drug-likeness (QED) is 0.697. The van der Waals surface area contributed by atoms with Crippen molar-refractivity contribution in [3.63, 3.8) is 0 Å². The molecule has 0 bridgehead atoms. The van der Waals surface area contributed by atoms with Gasteiger partial charge in [-0.2, -0.15) is 0 Å². The first-order valence-corrected chi connectivity index (χ1v) is 4.20. The summed E-state index contributed by atoms with van der Waals surface area (Å²) in [6.45, 7) is 0. The predicted octanol–water partition coefficient (Wildman–Crippen LogP) is 1.09. The van der Waals surface area contributed by atoms with E-state index >= 15 is 0 Å². The number of hydrogen-bond acceptors (Lipinski definition) is 3. The second kappa shape index (κ2) is 3.41. The molecular weight excluding hydrogens is 182 g/mol. The largest absolute Gasteiger partial charge is 0.478 e. The maximum absolute atomic E-state index is 10.8. The molecule has 1 aromatic rings. The van der Waals surface area contributed by atoms with Crippen LogP contribution in [0.4, 0.5) is 0 Å². The smallest absolute Gasteiger partial charge is 0.333 e. The molecule has 0 atom stereocenters. The lowest BCUT2D eigenvalue weighted by Gasteiger charge is -2.04. The van der Waals surface area contributed by atoms with Gasteiger partial charge in [0.05, 0.1) is 5.57 Å². The van der Waals surface area contributed by atoms with Gasteiger partial charge in [0.15, 0.2) is 5.75 Å². The highest BCUT2D eigenvalue weighted by Gasteiger charge is 2.14. The number of hydroxylamine groups is 1. The number of nitrogens with one attached hydrogen (secondary N) is 1. The Morgan fingerprint density at radius 2 is 2.21 bits per heavy atom. The van der Waals surface area contributed by atoms with E-state index in [1.165, 1.54) is 6.20 Å². The third-order valence-electron chi connectivity index (χ3n) is 2.03. The SMILES string of the molecule is O=C(O)C1=CNOc2ccccc2C1. The zero-order chi connectivity index (χ0) is 9.97. The highest BCUT2D eigenvalue weighted by molar-refractivity contribution is 5.87. The summed E-state index contributed by atoms with van der Waals surface area (Å²) in [5.74, 6) is -0.266. The summed E-state index contributed by atoms with van der Waals surface area (Å²) < 4.78 is 0. The molecule has 0 unspecified atom stereocenters. The predicted molar refractivity (Wildman–Crippen MR) is 49.6 cm³/mol. The molecule has 0 aliphatic carbocycles. The van der Waals surface area contributed by atoms with Gasteiger partial charge in [0.2, 0.25) is 0 Å². The van der Waals surface area contributed by atoms with Crippen LogP contribution in [0.25, 0.3) is 0 Å². The molecule has 1 aliphatic heterocycles. The van der Waals surface area contributed by atoms with Gasteiger partial charge in [-0.05, 0) is 6.07 Å². The van der Waals surface area contributed by atoms with E-state index in [1.54, 1.807) is 6.07 Å². The van der Waals surface area contributed by atoms with Crippen LogP contribution >= 0.6 is 0 Å². The Morgan fingerprint density at radius 3 is 3.00 bits per heavy atom. The summed E-state index contributed by atoms with van der Waals surface area (Å²) >= 11 is 0. The fraction of sp³-hybridized carbons (Fsp3) is 0.100. The van der Waals surface area contributed by atoms with Gasteiger partial charge in [0.25, 0.3) is 0 Å². The maximum atomic E-state index is 10.8. The zero-order valence-electron chi connectivity index (χ0n) is 7.36. The molecule has 0 fully saturated rings. The second-order valence-electron chi connectivity index (χ2n) is 2.98. The molecule has 1 heterocycles. The molecule has 14 heavy (non-hydrogen) atoms. The first-order valence-electron chi connectivity index (χ1n) is 4.20. The van der Waals surface area contributed by atoms with Gasteiger partial charge in [-0.1, -0.05) is 18.2 Å².